The summed E-state index contributed by atoms with van der Waals surface area (Å²) >= 11 is 5.90. The number of halogens is 1. The van der Waals surface area contributed by atoms with Crippen LogP contribution in [0.4, 0.5) is 5.82 Å². The van der Waals surface area contributed by atoms with Crippen molar-refractivity contribution in [1.29, 1.82) is 5.26 Å². The topological polar surface area (TPSA) is 89.5 Å². The van der Waals surface area contributed by atoms with Crippen LogP contribution in [-0.4, -0.2) is 72.0 Å². The van der Waals surface area contributed by atoms with E-state index in [0.717, 1.165) is 64.2 Å². The molecule has 7 nitrogen and oxygen atoms in total. The average Bonchev–Trinajstić information content (AvgIpc) is 3.20. The van der Waals surface area contributed by atoms with Gasteiger partial charge in [0, 0.05) is 38.9 Å². The standard InChI is InChI=1S/C20H29ClN6O/c21-16-6-7-19(24-15-16)26-12-10-25(11-13-26)8-2-1-5-18(23)20(28)27-9-3-4-17(27)14-22/h6-7,15,17-18H,1-5,8-13,23H2/t17-,18-/m0/s1. The molecule has 1 aromatic heterocycles. The first kappa shape index (κ1) is 20.8. The minimum Gasteiger partial charge on any atom is -0.354 e. The van der Waals surface area contributed by atoms with E-state index < -0.39 is 6.04 Å². The third-order valence-corrected chi connectivity index (χ3v) is 5.87. The van der Waals surface area contributed by atoms with E-state index in [9.17, 15) is 4.79 Å². The number of hydrogen-bond acceptors (Lipinski definition) is 6. The SMILES string of the molecule is N#C[C@@H]1CCCN1C(=O)[C@@H](N)CCCCN1CCN(c2ccc(Cl)cn2)CC1. The first-order valence-corrected chi connectivity index (χ1v) is 10.5. The molecule has 1 aromatic rings. The highest BCUT2D eigenvalue weighted by Gasteiger charge is 2.31. The van der Waals surface area contributed by atoms with Crippen LogP contribution < -0.4 is 10.6 Å². The smallest absolute Gasteiger partial charge is 0.240 e. The van der Waals surface area contributed by atoms with Crippen LogP contribution in [0.2, 0.25) is 5.02 Å². The fourth-order valence-corrected chi connectivity index (χ4v) is 4.07. The van der Waals surface area contributed by atoms with Gasteiger partial charge in [-0.2, -0.15) is 5.26 Å². The Morgan fingerprint density at radius 2 is 2.07 bits per heavy atom. The predicted octanol–water partition coefficient (Wildman–Crippen LogP) is 1.87. The zero-order valence-electron chi connectivity index (χ0n) is 16.3. The summed E-state index contributed by atoms with van der Waals surface area (Å²) in [5.74, 6) is 0.916. The van der Waals surface area contributed by atoms with Crippen molar-refractivity contribution < 1.29 is 4.79 Å². The van der Waals surface area contributed by atoms with Gasteiger partial charge in [-0.3, -0.25) is 9.69 Å². The number of hydrogen-bond donors (Lipinski definition) is 1. The number of rotatable bonds is 7. The Kier molecular flexibility index (Phi) is 7.49. The van der Waals surface area contributed by atoms with E-state index in [2.05, 4.69) is 20.9 Å². The number of piperazine rings is 1. The summed E-state index contributed by atoms with van der Waals surface area (Å²) in [6.07, 6.45) is 6.00. The quantitative estimate of drug-likeness (QED) is 0.698. The van der Waals surface area contributed by atoms with Gasteiger partial charge in [0.05, 0.1) is 17.1 Å². The third-order valence-electron chi connectivity index (χ3n) is 5.65. The van der Waals surface area contributed by atoms with Gasteiger partial charge in [0.25, 0.3) is 0 Å². The zero-order valence-corrected chi connectivity index (χ0v) is 17.0. The first-order valence-electron chi connectivity index (χ1n) is 10.1. The van der Waals surface area contributed by atoms with Gasteiger partial charge in [-0.05, 0) is 44.4 Å². The van der Waals surface area contributed by atoms with Gasteiger partial charge < -0.3 is 15.5 Å². The van der Waals surface area contributed by atoms with Gasteiger partial charge >= 0.3 is 0 Å². The lowest BCUT2D eigenvalue weighted by molar-refractivity contribution is -0.132. The lowest BCUT2D eigenvalue weighted by atomic mass is 10.1. The van der Waals surface area contributed by atoms with Gasteiger partial charge in [0.15, 0.2) is 0 Å². The monoisotopic (exact) mass is 404 g/mol. The maximum atomic E-state index is 12.4. The van der Waals surface area contributed by atoms with Crippen LogP contribution in [-0.2, 0) is 4.79 Å². The molecule has 2 saturated heterocycles. The Labute approximate surface area is 172 Å². The summed E-state index contributed by atoms with van der Waals surface area (Å²) in [4.78, 5) is 23.2. The van der Waals surface area contributed by atoms with E-state index >= 15 is 0 Å². The molecule has 2 N–H and O–H groups in total. The van der Waals surface area contributed by atoms with Crippen LogP contribution in [0, 0.1) is 11.3 Å². The molecule has 0 unspecified atom stereocenters. The van der Waals surface area contributed by atoms with Crippen LogP contribution in [0.1, 0.15) is 32.1 Å². The van der Waals surface area contributed by atoms with Crippen molar-refractivity contribution in [1.82, 2.24) is 14.8 Å². The molecule has 0 bridgehead atoms. The van der Waals surface area contributed by atoms with Crippen molar-refractivity contribution in [3.63, 3.8) is 0 Å². The molecule has 2 aliphatic rings. The number of likely N-dealkylation sites (tertiary alicyclic amines) is 1. The number of unbranched alkanes of at least 4 members (excludes halogenated alkanes) is 1. The Morgan fingerprint density at radius 1 is 1.29 bits per heavy atom. The molecule has 1 amide bonds. The normalized spacial score (nSPS) is 21.5. The Bertz CT molecular complexity index is 683. The minimum absolute atomic E-state index is 0.0619. The van der Waals surface area contributed by atoms with E-state index in [0.29, 0.717) is 18.0 Å². The van der Waals surface area contributed by atoms with E-state index in [1.54, 1.807) is 11.1 Å². The largest absolute Gasteiger partial charge is 0.354 e. The zero-order chi connectivity index (χ0) is 19.9. The number of anilines is 1. The number of nitrogens with zero attached hydrogens (tertiary/aromatic N) is 5. The van der Waals surface area contributed by atoms with Crippen LogP contribution in [0.25, 0.3) is 0 Å². The molecule has 28 heavy (non-hydrogen) atoms. The number of nitrogens with two attached hydrogens (primary N) is 1. The van der Waals surface area contributed by atoms with Crippen molar-refractivity contribution in [3.05, 3.63) is 23.4 Å². The molecule has 2 atom stereocenters. The van der Waals surface area contributed by atoms with Crippen LogP contribution >= 0.6 is 11.6 Å². The molecule has 0 spiro atoms. The van der Waals surface area contributed by atoms with E-state index in [1.165, 1.54) is 0 Å². The van der Waals surface area contributed by atoms with Crippen LogP contribution in [0.3, 0.4) is 0 Å². The second-order valence-electron chi connectivity index (χ2n) is 7.58. The van der Waals surface area contributed by atoms with Gasteiger partial charge in [-0.25, -0.2) is 4.98 Å². The predicted molar refractivity (Wildman–Crippen MR) is 110 cm³/mol. The summed E-state index contributed by atoms with van der Waals surface area (Å²) < 4.78 is 0. The lowest BCUT2D eigenvalue weighted by Gasteiger charge is -2.35. The van der Waals surface area contributed by atoms with Crippen molar-refractivity contribution >= 4 is 23.3 Å². The number of amides is 1. The highest BCUT2D eigenvalue weighted by Crippen LogP contribution is 2.19. The molecule has 2 fully saturated rings. The summed E-state index contributed by atoms with van der Waals surface area (Å²) in [6, 6.07) is 5.28. The van der Waals surface area contributed by atoms with Gasteiger partial charge in [-0.1, -0.05) is 18.0 Å². The molecule has 0 aromatic carbocycles. The molecule has 0 aliphatic carbocycles. The molecule has 3 heterocycles. The maximum Gasteiger partial charge on any atom is 0.240 e. The minimum atomic E-state index is -0.484. The van der Waals surface area contributed by atoms with E-state index in [4.69, 9.17) is 22.6 Å². The first-order chi connectivity index (χ1) is 13.6. The van der Waals surface area contributed by atoms with Crippen molar-refractivity contribution in [3.8, 4) is 6.07 Å². The van der Waals surface area contributed by atoms with Crippen LogP contribution in [0.5, 0.6) is 0 Å². The lowest BCUT2D eigenvalue weighted by Crippen LogP contribution is -2.47. The van der Waals surface area contributed by atoms with Gasteiger partial charge in [0.2, 0.25) is 5.91 Å². The van der Waals surface area contributed by atoms with Gasteiger partial charge in [-0.15, -0.1) is 0 Å². The van der Waals surface area contributed by atoms with E-state index in [1.807, 2.05) is 12.1 Å². The average molecular weight is 405 g/mol. The highest BCUT2D eigenvalue weighted by molar-refractivity contribution is 6.30. The Morgan fingerprint density at radius 3 is 2.75 bits per heavy atom. The summed E-state index contributed by atoms with van der Waals surface area (Å²) in [5.41, 5.74) is 6.09. The Hall–Kier alpha value is -1.88. The Balaban J connectivity index is 1.32. The second-order valence-corrected chi connectivity index (χ2v) is 8.02. The summed E-state index contributed by atoms with van der Waals surface area (Å²) in [6.45, 7) is 5.61. The molecule has 0 saturated carbocycles. The highest BCUT2D eigenvalue weighted by atomic mass is 35.5. The molecular weight excluding hydrogens is 376 g/mol. The molecule has 8 heteroatoms. The maximum absolute atomic E-state index is 12.4. The number of carbonyl (C=O) groups is 1. The molecule has 3 rings (SSSR count). The van der Waals surface area contributed by atoms with Crippen molar-refractivity contribution in [2.24, 2.45) is 5.73 Å². The fourth-order valence-electron chi connectivity index (χ4n) is 3.96. The number of pyridine rings is 1. The van der Waals surface area contributed by atoms with Gasteiger partial charge in [0.1, 0.15) is 11.9 Å². The summed E-state index contributed by atoms with van der Waals surface area (Å²) in [7, 11) is 0. The molecule has 2 aliphatic heterocycles. The number of nitriles is 1. The summed E-state index contributed by atoms with van der Waals surface area (Å²) in [5, 5.41) is 9.78. The molecular formula is C20H29ClN6O. The molecule has 152 valence electrons. The van der Waals surface area contributed by atoms with Crippen molar-refractivity contribution in [2.75, 3.05) is 44.2 Å². The third kappa shape index (κ3) is 5.34. The number of carbonyl (C=O) groups excluding carboxylic acids is 1. The molecule has 0 radical (unpaired) electrons. The fraction of sp³-hybridized carbons (Fsp3) is 0.650. The number of aromatic nitrogens is 1. The van der Waals surface area contributed by atoms with E-state index in [-0.39, 0.29) is 11.9 Å². The second kappa shape index (κ2) is 10.1. The van der Waals surface area contributed by atoms with Crippen molar-refractivity contribution in [2.45, 2.75) is 44.2 Å². The van der Waals surface area contributed by atoms with Crippen LogP contribution in [0.15, 0.2) is 18.3 Å².